The van der Waals surface area contributed by atoms with E-state index in [-0.39, 0.29) is 0 Å². The Morgan fingerprint density at radius 2 is 1.69 bits per heavy atom. The van der Waals surface area contributed by atoms with E-state index in [1.165, 1.54) is 0 Å². The summed E-state index contributed by atoms with van der Waals surface area (Å²) in [6.07, 6.45) is 1.78. The van der Waals surface area contributed by atoms with Crippen LogP contribution in [0.5, 0.6) is 11.5 Å². The fourth-order valence-corrected chi connectivity index (χ4v) is 2.89. The minimum absolute atomic E-state index is 0.677. The number of aromatic nitrogens is 2. The molecular weight excluding hydrogens is 326 g/mol. The average molecular weight is 349 g/mol. The molecule has 1 heterocycles. The fraction of sp³-hybridized carbons (Fsp3) is 0.238. The minimum atomic E-state index is 0.677. The predicted molar refractivity (Wildman–Crippen MR) is 103 cm³/mol. The van der Waals surface area contributed by atoms with Crippen molar-refractivity contribution >= 4 is 0 Å². The first-order valence-corrected chi connectivity index (χ1v) is 8.41. The second-order valence-electron chi connectivity index (χ2n) is 6.23. The van der Waals surface area contributed by atoms with Crippen molar-refractivity contribution in [3.05, 3.63) is 60.3 Å². The maximum absolute atomic E-state index is 5.48. The Balaban J connectivity index is 2.03. The quantitative estimate of drug-likeness (QED) is 0.676. The van der Waals surface area contributed by atoms with E-state index in [0.29, 0.717) is 5.82 Å². The summed E-state index contributed by atoms with van der Waals surface area (Å²) in [5.74, 6) is 2.33. The summed E-state index contributed by atoms with van der Waals surface area (Å²) in [4.78, 5) is 11.3. The third kappa shape index (κ3) is 3.83. The van der Waals surface area contributed by atoms with Gasteiger partial charge in [0.2, 0.25) is 0 Å². The maximum atomic E-state index is 5.48. The summed E-state index contributed by atoms with van der Waals surface area (Å²) in [5, 5.41) is 0. The Kier molecular flexibility index (Phi) is 5.49. The SMILES string of the molecule is COc1ccc(-c2nccc(-c3ccccc3OC)n2)cc1CN(C)C. The summed E-state index contributed by atoms with van der Waals surface area (Å²) in [6, 6.07) is 15.8. The van der Waals surface area contributed by atoms with Gasteiger partial charge in [-0.05, 0) is 50.5 Å². The molecule has 0 aliphatic carbocycles. The Bertz CT molecular complexity index is 894. The van der Waals surface area contributed by atoms with Crippen LogP contribution in [-0.2, 0) is 6.54 Å². The first kappa shape index (κ1) is 17.9. The molecule has 0 saturated carbocycles. The van der Waals surface area contributed by atoms with Gasteiger partial charge >= 0.3 is 0 Å². The third-order valence-corrected chi connectivity index (χ3v) is 4.06. The molecule has 0 aliphatic rings. The zero-order valence-corrected chi connectivity index (χ0v) is 15.6. The molecule has 0 unspecified atom stereocenters. The third-order valence-electron chi connectivity index (χ3n) is 4.06. The summed E-state index contributed by atoms with van der Waals surface area (Å²) >= 11 is 0. The second-order valence-corrected chi connectivity index (χ2v) is 6.23. The van der Waals surface area contributed by atoms with Crippen LogP contribution in [0.2, 0.25) is 0 Å². The molecule has 1 aromatic heterocycles. The molecule has 134 valence electrons. The van der Waals surface area contributed by atoms with Crippen molar-refractivity contribution < 1.29 is 9.47 Å². The lowest BCUT2D eigenvalue weighted by atomic mass is 10.1. The van der Waals surface area contributed by atoms with Crippen LogP contribution in [0.3, 0.4) is 0 Å². The molecule has 0 amide bonds. The number of methoxy groups -OCH3 is 2. The largest absolute Gasteiger partial charge is 0.496 e. The fourth-order valence-electron chi connectivity index (χ4n) is 2.89. The lowest BCUT2D eigenvalue weighted by molar-refractivity contribution is 0.372. The van der Waals surface area contributed by atoms with Gasteiger partial charge in [0, 0.05) is 29.4 Å². The van der Waals surface area contributed by atoms with Crippen molar-refractivity contribution in [2.24, 2.45) is 0 Å². The summed E-state index contributed by atoms with van der Waals surface area (Å²) in [5.41, 5.74) is 3.83. The van der Waals surface area contributed by atoms with Crippen molar-refractivity contribution in [2.75, 3.05) is 28.3 Å². The molecule has 0 radical (unpaired) electrons. The van der Waals surface area contributed by atoms with Crippen LogP contribution in [0, 0.1) is 0 Å². The highest BCUT2D eigenvalue weighted by molar-refractivity contribution is 5.69. The first-order valence-electron chi connectivity index (χ1n) is 8.41. The van der Waals surface area contributed by atoms with Crippen LogP contribution in [-0.4, -0.2) is 43.2 Å². The number of benzene rings is 2. The molecule has 0 spiro atoms. The molecule has 0 fully saturated rings. The van der Waals surface area contributed by atoms with Gasteiger partial charge in [-0.3, -0.25) is 0 Å². The Morgan fingerprint density at radius 3 is 2.42 bits per heavy atom. The molecule has 0 aliphatic heterocycles. The van der Waals surface area contributed by atoms with Gasteiger partial charge in [0.15, 0.2) is 5.82 Å². The molecule has 3 rings (SSSR count). The number of nitrogens with zero attached hydrogens (tertiary/aromatic N) is 3. The van der Waals surface area contributed by atoms with Gasteiger partial charge < -0.3 is 14.4 Å². The van der Waals surface area contributed by atoms with E-state index >= 15 is 0 Å². The molecule has 0 saturated heterocycles. The Hall–Kier alpha value is -2.92. The van der Waals surface area contributed by atoms with Gasteiger partial charge in [-0.25, -0.2) is 9.97 Å². The van der Waals surface area contributed by atoms with E-state index in [1.807, 2.05) is 56.6 Å². The van der Waals surface area contributed by atoms with E-state index in [0.717, 1.165) is 40.4 Å². The Labute approximate surface area is 154 Å². The Morgan fingerprint density at radius 1 is 0.923 bits per heavy atom. The van der Waals surface area contributed by atoms with Crippen LogP contribution < -0.4 is 9.47 Å². The van der Waals surface area contributed by atoms with Crippen molar-refractivity contribution in [2.45, 2.75) is 6.54 Å². The number of rotatable bonds is 6. The highest BCUT2D eigenvalue weighted by atomic mass is 16.5. The first-order chi connectivity index (χ1) is 12.6. The van der Waals surface area contributed by atoms with Crippen molar-refractivity contribution in [3.63, 3.8) is 0 Å². The minimum Gasteiger partial charge on any atom is -0.496 e. The molecule has 5 heteroatoms. The number of hydrogen-bond acceptors (Lipinski definition) is 5. The van der Waals surface area contributed by atoms with Crippen LogP contribution >= 0.6 is 0 Å². The van der Waals surface area contributed by atoms with E-state index < -0.39 is 0 Å². The van der Waals surface area contributed by atoms with Gasteiger partial charge in [0.25, 0.3) is 0 Å². The smallest absolute Gasteiger partial charge is 0.159 e. The van der Waals surface area contributed by atoms with Gasteiger partial charge in [0.05, 0.1) is 19.9 Å². The van der Waals surface area contributed by atoms with E-state index in [4.69, 9.17) is 14.5 Å². The van der Waals surface area contributed by atoms with E-state index in [2.05, 4.69) is 16.0 Å². The van der Waals surface area contributed by atoms with Gasteiger partial charge in [-0.2, -0.15) is 0 Å². The maximum Gasteiger partial charge on any atom is 0.159 e. The topological polar surface area (TPSA) is 47.5 Å². The van der Waals surface area contributed by atoms with Crippen molar-refractivity contribution in [1.82, 2.24) is 14.9 Å². The predicted octanol–water partition coefficient (Wildman–Crippen LogP) is 3.89. The van der Waals surface area contributed by atoms with Gasteiger partial charge in [-0.15, -0.1) is 0 Å². The normalized spacial score (nSPS) is 10.8. The molecule has 0 atom stereocenters. The molecule has 26 heavy (non-hydrogen) atoms. The monoisotopic (exact) mass is 349 g/mol. The lowest BCUT2D eigenvalue weighted by Gasteiger charge is -2.15. The van der Waals surface area contributed by atoms with Crippen LogP contribution in [0.25, 0.3) is 22.6 Å². The van der Waals surface area contributed by atoms with Crippen molar-refractivity contribution in [1.29, 1.82) is 0 Å². The summed E-state index contributed by atoms with van der Waals surface area (Å²) in [6.45, 7) is 0.781. The standard InChI is InChI=1S/C21H23N3O2/c1-24(2)14-16-13-15(9-10-19(16)25-3)21-22-12-11-18(23-21)17-7-5-6-8-20(17)26-4/h5-13H,14H2,1-4H3. The number of hydrogen-bond donors (Lipinski definition) is 0. The zero-order chi connectivity index (χ0) is 18.5. The van der Waals surface area contributed by atoms with Gasteiger partial charge in [0.1, 0.15) is 11.5 Å². The van der Waals surface area contributed by atoms with Crippen LogP contribution in [0.4, 0.5) is 0 Å². The molecule has 5 nitrogen and oxygen atoms in total. The highest BCUT2D eigenvalue weighted by Gasteiger charge is 2.11. The lowest BCUT2D eigenvalue weighted by Crippen LogP contribution is -2.11. The summed E-state index contributed by atoms with van der Waals surface area (Å²) < 4.78 is 10.9. The highest BCUT2D eigenvalue weighted by Crippen LogP contribution is 2.30. The summed E-state index contributed by atoms with van der Waals surface area (Å²) in [7, 11) is 7.42. The molecule has 0 N–H and O–H groups in total. The molecule has 3 aromatic rings. The molecule has 0 bridgehead atoms. The number of ether oxygens (including phenoxy) is 2. The zero-order valence-electron chi connectivity index (χ0n) is 15.6. The average Bonchev–Trinajstić information content (AvgIpc) is 2.67. The van der Waals surface area contributed by atoms with Gasteiger partial charge in [-0.1, -0.05) is 12.1 Å². The second kappa shape index (κ2) is 7.97. The van der Waals surface area contributed by atoms with Crippen LogP contribution in [0.15, 0.2) is 54.7 Å². The number of para-hydroxylation sites is 1. The molecular formula is C21H23N3O2. The molecule has 2 aromatic carbocycles. The van der Waals surface area contributed by atoms with E-state index in [1.54, 1.807) is 20.4 Å². The van der Waals surface area contributed by atoms with E-state index in [9.17, 15) is 0 Å². The van der Waals surface area contributed by atoms with Crippen molar-refractivity contribution in [3.8, 4) is 34.1 Å². The van der Waals surface area contributed by atoms with Crippen LogP contribution in [0.1, 0.15) is 5.56 Å².